The highest BCUT2D eigenvalue weighted by Crippen LogP contribution is 2.14. The lowest BCUT2D eigenvalue weighted by molar-refractivity contribution is 0.0946. The monoisotopic (exact) mass is 356 g/mol. The van der Waals surface area contributed by atoms with Gasteiger partial charge in [-0.15, -0.1) is 0 Å². The molecule has 0 spiro atoms. The van der Waals surface area contributed by atoms with Gasteiger partial charge in [0, 0.05) is 23.5 Å². The Morgan fingerprint density at radius 1 is 1.12 bits per heavy atom. The van der Waals surface area contributed by atoms with E-state index in [2.05, 4.69) is 20.6 Å². The Morgan fingerprint density at radius 3 is 2.68 bits per heavy atom. The molecule has 0 radical (unpaired) electrons. The number of aromatic nitrogens is 2. The van der Waals surface area contributed by atoms with E-state index in [0.29, 0.717) is 17.3 Å². The molecule has 0 aliphatic heterocycles. The fourth-order valence-electron chi connectivity index (χ4n) is 2.12. The summed E-state index contributed by atoms with van der Waals surface area (Å²) < 4.78 is 13.2. The quantitative estimate of drug-likeness (QED) is 0.726. The standard InChI is InChI=1S/C18H14ClFN4O/c19-13-6-4-12(5-7-13)11-22-17(25)16-8-9-21-18(24-16)23-15-3-1-2-14(20)10-15/h1-10H,11H2,(H,22,25)(H,21,23,24). The summed E-state index contributed by atoms with van der Waals surface area (Å²) in [6, 6.07) is 14.6. The van der Waals surface area contributed by atoms with Crippen LogP contribution in [-0.4, -0.2) is 15.9 Å². The summed E-state index contributed by atoms with van der Waals surface area (Å²) in [6.45, 7) is 0.354. The Hall–Kier alpha value is -2.99. The van der Waals surface area contributed by atoms with Crippen molar-refractivity contribution in [2.45, 2.75) is 6.54 Å². The maximum Gasteiger partial charge on any atom is 0.270 e. The normalized spacial score (nSPS) is 10.3. The van der Waals surface area contributed by atoms with Crippen LogP contribution in [0.15, 0.2) is 60.8 Å². The van der Waals surface area contributed by atoms with Crippen molar-refractivity contribution in [2.75, 3.05) is 5.32 Å². The van der Waals surface area contributed by atoms with E-state index in [0.717, 1.165) is 5.56 Å². The summed E-state index contributed by atoms with van der Waals surface area (Å²) in [4.78, 5) is 20.4. The maximum absolute atomic E-state index is 13.2. The van der Waals surface area contributed by atoms with Crippen LogP contribution in [0, 0.1) is 5.82 Å². The van der Waals surface area contributed by atoms with Crippen molar-refractivity contribution in [3.8, 4) is 0 Å². The third kappa shape index (κ3) is 4.74. The zero-order valence-corrected chi connectivity index (χ0v) is 13.8. The number of carbonyl (C=O) groups excluding carboxylic acids is 1. The highest BCUT2D eigenvalue weighted by atomic mass is 35.5. The van der Waals surface area contributed by atoms with Gasteiger partial charge in [-0.1, -0.05) is 29.8 Å². The number of nitrogens with zero attached hydrogens (tertiary/aromatic N) is 2. The second kappa shape index (κ2) is 7.72. The summed E-state index contributed by atoms with van der Waals surface area (Å²) in [5, 5.41) is 6.28. The van der Waals surface area contributed by atoms with Crippen LogP contribution in [-0.2, 0) is 6.54 Å². The van der Waals surface area contributed by atoms with E-state index in [9.17, 15) is 9.18 Å². The predicted octanol–water partition coefficient (Wildman–Crippen LogP) is 3.94. The van der Waals surface area contributed by atoms with Gasteiger partial charge in [0.2, 0.25) is 5.95 Å². The molecule has 0 aliphatic carbocycles. The lowest BCUT2D eigenvalue weighted by Crippen LogP contribution is -2.24. The van der Waals surface area contributed by atoms with Crippen molar-refractivity contribution in [2.24, 2.45) is 0 Å². The fraction of sp³-hybridized carbons (Fsp3) is 0.0556. The number of hydrogen-bond donors (Lipinski definition) is 2. The van der Waals surface area contributed by atoms with Crippen LogP contribution in [0.4, 0.5) is 16.0 Å². The number of anilines is 2. The first-order valence-corrected chi connectivity index (χ1v) is 7.86. The van der Waals surface area contributed by atoms with E-state index in [-0.39, 0.29) is 23.4 Å². The SMILES string of the molecule is O=C(NCc1ccc(Cl)cc1)c1ccnc(Nc2cccc(F)c2)n1. The van der Waals surface area contributed by atoms with Gasteiger partial charge in [-0.25, -0.2) is 14.4 Å². The Bertz CT molecular complexity index is 886. The van der Waals surface area contributed by atoms with E-state index >= 15 is 0 Å². The van der Waals surface area contributed by atoms with Crippen molar-refractivity contribution in [3.63, 3.8) is 0 Å². The van der Waals surface area contributed by atoms with Gasteiger partial charge in [-0.05, 0) is 42.0 Å². The van der Waals surface area contributed by atoms with E-state index in [1.165, 1.54) is 24.4 Å². The molecule has 0 bridgehead atoms. The number of rotatable bonds is 5. The molecule has 25 heavy (non-hydrogen) atoms. The van der Waals surface area contributed by atoms with Crippen molar-refractivity contribution in [1.82, 2.24) is 15.3 Å². The number of nitrogens with one attached hydrogen (secondary N) is 2. The van der Waals surface area contributed by atoms with Gasteiger partial charge in [0.15, 0.2) is 0 Å². The average molecular weight is 357 g/mol. The zero-order valence-electron chi connectivity index (χ0n) is 13.0. The van der Waals surface area contributed by atoms with Crippen molar-refractivity contribution < 1.29 is 9.18 Å². The Balaban J connectivity index is 1.65. The third-order valence-corrected chi connectivity index (χ3v) is 3.59. The first kappa shape index (κ1) is 16.9. The van der Waals surface area contributed by atoms with Crippen LogP contribution in [0.25, 0.3) is 0 Å². The molecule has 0 unspecified atom stereocenters. The number of amides is 1. The van der Waals surface area contributed by atoms with Crippen LogP contribution < -0.4 is 10.6 Å². The molecule has 1 amide bonds. The largest absolute Gasteiger partial charge is 0.347 e. The molecule has 126 valence electrons. The maximum atomic E-state index is 13.2. The minimum Gasteiger partial charge on any atom is -0.347 e. The Kier molecular flexibility index (Phi) is 5.20. The summed E-state index contributed by atoms with van der Waals surface area (Å²) in [5.41, 5.74) is 1.63. The lowest BCUT2D eigenvalue weighted by Gasteiger charge is -2.08. The zero-order chi connectivity index (χ0) is 17.6. The average Bonchev–Trinajstić information content (AvgIpc) is 2.61. The van der Waals surface area contributed by atoms with Crippen molar-refractivity contribution in [3.05, 3.63) is 82.9 Å². The van der Waals surface area contributed by atoms with Gasteiger partial charge in [0.05, 0.1) is 0 Å². The number of halogens is 2. The van der Waals surface area contributed by atoms with Crippen LogP contribution >= 0.6 is 11.6 Å². The Morgan fingerprint density at radius 2 is 1.92 bits per heavy atom. The number of hydrogen-bond acceptors (Lipinski definition) is 4. The van der Waals surface area contributed by atoms with Gasteiger partial charge in [0.1, 0.15) is 11.5 Å². The highest BCUT2D eigenvalue weighted by molar-refractivity contribution is 6.30. The molecule has 1 heterocycles. The van der Waals surface area contributed by atoms with Crippen molar-refractivity contribution >= 4 is 29.1 Å². The molecule has 0 fully saturated rings. The van der Waals surface area contributed by atoms with E-state index in [4.69, 9.17) is 11.6 Å². The first-order valence-electron chi connectivity index (χ1n) is 7.48. The van der Waals surface area contributed by atoms with Crippen molar-refractivity contribution in [1.29, 1.82) is 0 Å². The van der Waals surface area contributed by atoms with Crippen LogP contribution in [0.3, 0.4) is 0 Å². The van der Waals surface area contributed by atoms with Gasteiger partial charge in [-0.2, -0.15) is 0 Å². The lowest BCUT2D eigenvalue weighted by atomic mass is 10.2. The molecule has 1 aromatic heterocycles. The van der Waals surface area contributed by atoms with Crippen LogP contribution in [0.5, 0.6) is 0 Å². The molecule has 0 saturated carbocycles. The van der Waals surface area contributed by atoms with E-state index < -0.39 is 0 Å². The molecule has 2 N–H and O–H groups in total. The van der Waals surface area contributed by atoms with Gasteiger partial charge >= 0.3 is 0 Å². The smallest absolute Gasteiger partial charge is 0.270 e. The summed E-state index contributed by atoms with van der Waals surface area (Å²) >= 11 is 5.83. The molecular formula is C18H14ClFN4O. The van der Waals surface area contributed by atoms with Gasteiger partial charge < -0.3 is 10.6 Å². The minimum atomic E-state index is -0.373. The number of carbonyl (C=O) groups is 1. The molecule has 0 saturated heterocycles. The molecule has 3 aromatic rings. The second-order valence-corrected chi connectivity index (χ2v) is 5.65. The van der Waals surface area contributed by atoms with Gasteiger partial charge in [0.25, 0.3) is 5.91 Å². The third-order valence-electron chi connectivity index (χ3n) is 3.34. The molecular weight excluding hydrogens is 343 g/mol. The summed E-state index contributed by atoms with van der Waals surface area (Å²) in [5.74, 6) is -0.494. The molecule has 0 atom stereocenters. The van der Waals surface area contributed by atoms with Crippen LogP contribution in [0.1, 0.15) is 16.1 Å². The number of benzene rings is 2. The molecule has 2 aromatic carbocycles. The summed E-state index contributed by atoms with van der Waals surface area (Å²) in [7, 11) is 0. The molecule has 5 nitrogen and oxygen atoms in total. The van der Waals surface area contributed by atoms with E-state index in [1.807, 2.05) is 12.1 Å². The minimum absolute atomic E-state index is 0.211. The van der Waals surface area contributed by atoms with Gasteiger partial charge in [-0.3, -0.25) is 4.79 Å². The second-order valence-electron chi connectivity index (χ2n) is 5.21. The first-order chi connectivity index (χ1) is 12.1. The Labute approximate surface area is 148 Å². The molecule has 7 heteroatoms. The molecule has 0 aliphatic rings. The highest BCUT2D eigenvalue weighted by Gasteiger charge is 2.09. The predicted molar refractivity (Wildman–Crippen MR) is 94.3 cm³/mol. The topological polar surface area (TPSA) is 66.9 Å². The fourth-order valence-corrected chi connectivity index (χ4v) is 2.24. The molecule has 3 rings (SSSR count). The van der Waals surface area contributed by atoms with E-state index in [1.54, 1.807) is 24.3 Å². The summed E-state index contributed by atoms with van der Waals surface area (Å²) in [6.07, 6.45) is 1.46. The van der Waals surface area contributed by atoms with Crippen LogP contribution in [0.2, 0.25) is 5.02 Å².